The third-order valence-electron chi connectivity index (χ3n) is 27.7. The van der Waals surface area contributed by atoms with Gasteiger partial charge in [0.05, 0.1) is 39.4 Å². The number of carbonyl (C=O) groups excluding carboxylic acids is 13. The summed E-state index contributed by atoms with van der Waals surface area (Å²) in [4.78, 5) is 170. The molecule has 0 saturated carbocycles. The van der Waals surface area contributed by atoms with Gasteiger partial charge in [0.2, 0.25) is 29.5 Å². The number of hydrogen-bond acceptors (Lipinski definition) is 16. The number of piperidine rings is 6. The number of nitrogens with one attached hydrogen (secondary N) is 4. The third kappa shape index (κ3) is 32.0. The van der Waals surface area contributed by atoms with Crippen LogP contribution < -0.4 is 21.3 Å². The number of carbonyl (C=O) groups is 13. The maximum atomic E-state index is 13.7. The predicted molar refractivity (Wildman–Crippen MR) is 568 cm³/mol. The van der Waals surface area contributed by atoms with Crippen LogP contribution in [0.25, 0.3) is 0 Å². The summed E-state index contributed by atoms with van der Waals surface area (Å²) in [6, 6.07) is 58.4. The van der Waals surface area contributed by atoms with Gasteiger partial charge in [-0.25, -0.2) is 8.78 Å². The minimum Gasteiger partial charge on any atom is -0.459 e. The fraction of sp³-hybridized carbons (Fsp3) is 0.365. The summed E-state index contributed by atoms with van der Waals surface area (Å²) in [5, 5.41) is 13.1. The van der Waals surface area contributed by atoms with Crippen LogP contribution in [0.15, 0.2) is 237 Å². The fourth-order valence-corrected chi connectivity index (χ4v) is 19.5. The van der Waals surface area contributed by atoms with Gasteiger partial charge in [-0.15, -0.1) is 0 Å². The van der Waals surface area contributed by atoms with E-state index in [4.69, 9.17) is 48.1 Å². The van der Waals surface area contributed by atoms with Crippen molar-refractivity contribution in [2.75, 3.05) is 99.8 Å². The van der Waals surface area contributed by atoms with Crippen molar-refractivity contribution in [3.05, 3.63) is 329 Å². The number of hydrogen-bond donors (Lipinski definition) is 4. The Hall–Kier alpha value is -13.5. The molecule has 0 radical (unpaired) electrons. The number of benzene rings is 8. The molecule has 4 N–H and O–H groups in total. The highest BCUT2D eigenvalue weighted by molar-refractivity contribution is 9.10. The first-order valence-electron chi connectivity index (χ1n) is 49.9. The zero-order valence-corrected chi connectivity index (χ0v) is 87.9. The predicted octanol–water partition coefficient (Wildman–Crippen LogP) is 22.1. The normalized spacial score (nSPS) is 15.3. The van der Waals surface area contributed by atoms with Crippen LogP contribution in [-0.4, -0.2) is 184 Å². The van der Waals surface area contributed by atoms with Crippen LogP contribution in [0.5, 0.6) is 0 Å². The summed E-state index contributed by atoms with van der Waals surface area (Å²) >= 11 is 21.5. The molecule has 3 aromatic heterocycles. The number of anilines is 4. The van der Waals surface area contributed by atoms with Crippen molar-refractivity contribution >= 4 is 150 Å². The highest BCUT2D eigenvalue weighted by atomic mass is 79.9. The Morgan fingerprint density at radius 2 is 0.728 bits per heavy atom. The number of Topliss-reactive ketones (excluding diaryl/α,β-unsaturated/α-hetero) is 3. The Bertz CT molecular complexity index is 6280. The van der Waals surface area contributed by atoms with Crippen molar-refractivity contribution in [1.82, 2.24) is 29.4 Å². The largest absolute Gasteiger partial charge is 0.459 e. The molecule has 9 heterocycles. The Morgan fingerprint density at radius 3 is 1.17 bits per heavy atom. The van der Waals surface area contributed by atoms with Gasteiger partial charge in [0.1, 0.15) is 29.0 Å². The maximum absolute atomic E-state index is 13.7. The van der Waals surface area contributed by atoms with E-state index in [1.54, 1.807) is 122 Å². The average Bonchev–Trinajstić information content (AvgIpc) is 1.06. The summed E-state index contributed by atoms with van der Waals surface area (Å²) in [6.07, 6.45) is 13.8. The van der Waals surface area contributed by atoms with E-state index < -0.39 is 11.6 Å². The van der Waals surface area contributed by atoms with Gasteiger partial charge in [0, 0.05) is 186 Å². The van der Waals surface area contributed by atoms with Crippen molar-refractivity contribution in [3.8, 4) is 0 Å². The van der Waals surface area contributed by atoms with E-state index in [9.17, 15) is 71.1 Å². The lowest BCUT2D eigenvalue weighted by Gasteiger charge is -2.31. The zero-order valence-electron chi connectivity index (χ0n) is 84.0. The lowest BCUT2D eigenvalue weighted by atomic mass is 9.88. The standard InChI is InChI=1S/C22H25ClN2O2.C21H21F2NO2.C19H21N3O4.C18H19BrN2O3.C18H17Cl2NO3.C17H23NO2/c1-3-16-8-6-7-15(2)20(16)24-21(26)17-11-13-25(14-12-17)22(27)18-9-4-5-10-19(18)23;1-14-5-2-3-6-16(14)21(26)24-11-9-15(10-12-24)20(25)13-17-18(22)7-4-8-19(17)23;1-13(23)20-15-4-2-5-16(12-15)21-18(24)14-7-9-22(10-8-14)19(25)17-6-3-11-26-17;1-12-11-14(4-5-15(12)19)20-17(22)13-6-8-21(9-7-13)18(23)16-3-2-10-24-16;19-14-4-3-12(10-15(14)20)11-16(22)13-5-7-21(8-6-13)18(23)17-2-1-9-24-17;1-12-5-4-6-16(13(12)2)11-17(20)15-7-9-18(10-8-15)14(3)19/h4-10,17H,3,11-14H2,1-2H3,(H,24,26);2-8,15H,9-13H2,1H3;2-6,11-12,14H,7-10H2,1H3,(H,20,23)(H,21,24);2-5,10-11,13H,6-9H2,1H3,(H,20,22);1-4,9-10,13H,5-8,11H2;4-6,15H,7-11H2,1-3H3. The summed E-state index contributed by atoms with van der Waals surface area (Å²) in [6.45, 7) is 22.0. The number of likely N-dealkylation sites (tertiary alicyclic amines) is 6. The number of ketones is 3. The topological polar surface area (TPSA) is 329 Å². The van der Waals surface area contributed by atoms with E-state index in [-0.39, 0.29) is 118 Å². The van der Waals surface area contributed by atoms with Gasteiger partial charge in [-0.3, -0.25) is 62.3 Å². The molecule has 6 aliphatic heterocycles. The van der Waals surface area contributed by atoms with Gasteiger partial charge in [-0.1, -0.05) is 143 Å². The van der Waals surface area contributed by atoms with E-state index >= 15 is 0 Å². The van der Waals surface area contributed by atoms with Crippen molar-refractivity contribution in [1.29, 1.82) is 0 Å². The monoisotopic (exact) mass is 2120 g/mol. The second kappa shape index (κ2) is 54.8. The fourth-order valence-electron chi connectivity index (χ4n) is 18.7. The molecular formula is C115H126BrCl3F2N10O16. The van der Waals surface area contributed by atoms with Gasteiger partial charge in [0.25, 0.3) is 29.5 Å². The van der Waals surface area contributed by atoms with Gasteiger partial charge >= 0.3 is 0 Å². The Balaban J connectivity index is 0.000000157. The van der Waals surface area contributed by atoms with E-state index in [0.717, 1.165) is 93.7 Å². The van der Waals surface area contributed by atoms with Crippen molar-refractivity contribution in [2.45, 2.75) is 158 Å². The van der Waals surface area contributed by atoms with Gasteiger partial charge in [0.15, 0.2) is 17.3 Å². The summed E-state index contributed by atoms with van der Waals surface area (Å²) in [5.41, 5.74) is 12.7. The zero-order chi connectivity index (χ0) is 105. The third-order valence-corrected chi connectivity index (χ3v) is 29.7. The van der Waals surface area contributed by atoms with Crippen LogP contribution in [0.1, 0.15) is 200 Å². The first kappa shape index (κ1) is 112. The van der Waals surface area contributed by atoms with E-state index in [0.29, 0.717) is 203 Å². The molecule has 0 unspecified atom stereocenters. The lowest BCUT2D eigenvalue weighted by molar-refractivity contribution is -0.133. The molecule has 26 nitrogen and oxygen atoms in total. The smallest absolute Gasteiger partial charge is 0.289 e. The Morgan fingerprint density at radius 1 is 0.340 bits per heavy atom. The van der Waals surface area contributed by atoms with Crippen molar-refractivity contribution in [3.63, 3.8) is 0 Å². The van der Waals surface area contributed by atoms with Crippen LogP contribution in [0.4, 0.5) is 31.5 Å². The van der Waals surface area contributed by atoms with Gasteiger partial charge in [-0.2, -0.15) is 0 Å². The van der Waals surface area contributed by atoms with Gasteiger partial charge in [-0.05, 0) is 278 Å². The molecule has 6 saturated heterocycles. The van der Waals surface area contributed by atoms with Crippen molar-refractivity contribution < 1.29 is 84.4 Å². The van der Waals surface area contributed by atoms with Crippen LogP contribution in [-0.2, 0) is 64.0 Å². The molecule has 147 heavy (non-hydrogen) atoms. The Labute approximate surface area is 879 Å². The molecule has 0 aliphatic carbocycles. The summed E-state index contributed by atoms with van der Waals surface area (Å²) in [5.74, 6) is -1.04. The number of amides is 10. The first-order chi connectivity index (χ1) is 70.6. The van der Waals surface area contributed by atoms with Gasteiger partial charge < -0.3 is 63.9 Å². The molecule has 6 aliphatic rings. The minimum atomic E-state index is -0.689. The Kier molecular flexibility index (Phi) is 41.9. The second-order valence-electron chi connectivity index (χ2n) is 37.7. The maximum Gasteiger partial charge on any atom is 0.289 e. The molecule has 10 amide bonds. The molecule has 0 atom stereocenters. The highest BCUT2D eigenvalue weighted by Crippen LogP contribution is 2.34. The van der Waals surface area contributed by atoms with E-state index in [1.165, 1.54) is 42.9 Å². The van der Waals surface area contributed by atoms with Crippen LogP contribution >= 0.6 is 50.7 Å². The molecule has 0 bridgehead atoms. The average molecular weight is 2130 g/mol. The van der Waals surface area contributed by atoms with E-state index in [2.05, 4.69) is 64.0 Å². The van der Waals surface area contributed by atoms with Crippen LogP contribution in [0, 0.1) is 81.8 Å². The number of para-hydroxylation sites is 1. The first-order valence-corrected chi connectivity index (χ1v) is 51.8. The number of aryl methyl sites for hydroxylation is 5. The summed E-state index contributed by atoms with van der Waals surface area (Å²) < 4.78 is 43.9. The quantitative estimate of drug-likeness (QED) is 0.0490. The highest BCUT2D eigenvalue weighted by Gasteiger charge is 2.36. The molecular weight excluding hydrogens is 2000 g/mol. The summed E-state index contributed by atoms with van der Waals surface area (Å²) in [7, 11) is 0. The number of rotatable bonds is 22. The van der Waals surface area contributed by atoms with Crippen molar-refractivity contribution in [2.24, 2.45) is 35.5 Å². The lowest BCUT2D eigenvalue weighted by Crippen LogP contribution is -2.41. The molecule has 0 spiro atoms. The molecule has 774 valence electrons. The molecule has 8 aromatic carbocycles. The van der Waals surface area contributed by atoms with Crippen LogP contribution in [0.3, 0.4) is 0 Å². The SMILES string of the molecule is CC(=O)N1CCC(C(=O)Cc2cccc(C)c2C)CC1.CC(=O)Nc1cccc(NC(=O)C2CCN(C(=O)c3ccco3)CC2)c1.CCc1cccc(C)c1NC(=O)C1CCN(C(=O)c2ccccc2Cl)CC1.Cc1cc(NC(=O)C2CCN(C(=O)c3ccco3)CC2)ccc1Br.Cc1ccccc1C(=O)N1CCC(C(=O)Cc2c(F)cccc2F)CC1.O=C(Cc1ccc(Cl)c(Cl)c1)C1CCN(C(=O)c2ccco2)CC1. The van der Waals surface area contributed by atoms with E-state index in [1.807, 2.05) is 111 Å². The van der Waals surface area contributed by atoms with Crippen LogP contribution in [0.2, 0.25) is 15.1 Å². The minimum absolute atomic E-state index is 0.0156. The molecule has 6 fully saturated rings. The molecule has 11 aromatic rings. The number of nitrogens with zero attached hydrogens (tertiary/aromatic N) is 6. The second-order valence-corrected chi connectivity index (χ2v) is 39.8. The molecule has 17 rings (SSSR count). The molecule has 32 heteroatoms. The number of halogens is 6. The number of furan rings is 3.